The number of aliphatic hydroxyl groups is 1. The first-order valence-electron chi connectivity index (χ1n) is 4.77. The zero-order chi connectivity index (χ0) is 13.0. The number of carbonyl (C=O) groups excluding carboxylic acids is 1. The first kappa shape index (κ1) is 13.6. The highest BCUT2D eigenvalue weighted by molar-refractivity contribution is 6.19. The van der Waals surface area contributed by atoms with Gasteiger partial charge in [-0.15, -0.1) is 11.6 Å². The molecule has 0 heterocycles. The molecule has 0 saturated carbocycles. The topological polar surface area (TPSA) is 74.6 Å². The molecule has 0 aromatic heterocycles. The standard InChI is InChI=1S/C11H10ClFO4/c12-4-3-9(14)7-2-1-6(13)5-8(7)10(15)11(16)17/h1-2,5,10,15H,3-4H2,(H,16,17). The quantitative estimate of drug-likeness (QED) is 0.625. The summed E-state index contributed by atoms with van der Waals surface area (Å²) in [5.41, 5.74) is -0.283. The number of carboxylic acids is 1. The van der Waals surface area contributed by atoms with Crippen molar-refractivity contribution in [3.05, 3.63) is 35.1 Å². The molecule has 0 aliphatic heterocycles. The molecule has 1 aromatic rings. The van der Waals surface area contributed by atoms with Crippen molar-refractivity contribution >= 4 is 23.4 Å². The van der Waals surface area contributed by atoms with Crippen molar-refractivity contribution in [1.82, 2.24) is 0 Å². The Hall–Kier alpha value is -1.46. The molecule has 6 heteroatoms. The Morgan fingerprint density at radius 2 is 2.06 bits per heavy atom. The van der Waals surface area contributed by atoms with Crippen LogP contribution in [0.4, 0.5) is 4.39 Å². The van der Waals surface area contributed by atoms with Crippen LogP contribution in [0.3, 0.4) is 0 Å². The number of alkyl halides is 1. The number of hydrogen-bond acceptors (Lipinski definition) is 3. The van der Waals surface area contributed by atoms with Crippen molar-refractivity contribution in [1.29, 1.82) is 0 Å². The van der Waals surface area contributed by atoms with Crippen LogP contribution in [0.5, 0.6) is 0 Å². The molecule has 92 valence electrons. The number of benzene rings is 1. The Labute approximate surface area is 102 Å². The average molecular weight is 261 g/mol. The molecule has 2 N–H and O–H groups in total. The molecule has 0 spiro atoms. The van der Waals surface area contributed by atoms with Gasteiger partial charge in [0.15, 0.2) is 11.9 Å². The van der Waals surface area contributed by atoms with Crippen LogP contribution in [0.2, 0.25) is 0 Å². The second-order valence-electron chi connectivity index (χ2n) is 3.33. The monoisotopic (exact) mass is 260 g/mol. The van der Waals surface area contributed by atoms with Crippen molar-refractivity contribution in [2.24, 2.45) is 0 Å². The molecule has 0 aliphatic carbocycles. The Balaban J connectivity index is 3.21. The zero-order valence-electron chi connectivity index (χ0n) is 8.69. The number of aliphatic carboxylic acids is 1. The van der Waals surface area contributed by atoms with Gasteiger partial charge in [-0.3, -0.25) is 4.79 Å². The average Bonchev–Trinajstić information content (AvgIpc) is 2.28. The maximum atomic E-state index is 13.0. The van der Waals surface area contributed by atoms with E-state index in [0.29, 0.717) is 0 Å². The second-order valence-corrected chi connectivity index (χ2v) is 3.71. The van der Waals surface area contributed by atoms with Gasteiger partial charge in [-0.25, -0.2) is 9.18 Å². The first-order valence-corrected chi connectivity index (χ1v) is 5.30. The number of aliphatic hydroxyl groups excluding tert-OH is 1. The summed E-state index contributed by atoms with van der Waals surface area (Å²) in [6.07, 6.45) is -1.94. The predicted molar refractivity (Wildman–Crippen MR) is 58.7 cm³/mol. The highest BCUT2D eigenvalue weighted by Crippen LogP contribution is 2.21. The van der Waals surface area contributed by atoms with E-state index < -0.39 is 23.7 Å². The zero-order valence-corrected chi connectivity index (χ0v) is 9.45. The van der Waals surface area contributed by atoms with Crippen LogP contribution in [0.15, 0.2) is 18.2 Å². The number of Topliss-reactive ketones (excluding diaryl/α,β-unsaturated/α-hetero) is 1. The third-order valence-corrected chi connectivity index (χ3v) is 2.35. The van der Waals surface area contributed by atoms with Gasteiger partial charge in [0.2, 0.25) is 0 Å². The second kappa shape index (κ2) is 5.75. The number of hydrogen-bond donors (Lipinski definition) is 2. The molecule has 1 atom stereocenters. The van der Waals surface area contributed by atoms with Gasteiger partial charge in [-0.2, -0.15) is 0 Å². The SMILES string of the molecule is O=C(CCCl)c1ccc(F)cc1C(O)C(=O)O. The molecule has 4 nitrogen and oxygen atoms in total. The summed E-state index contributed by atoms with van der Waals surface area (Å²) in [6.45, 7) is 0. The van der Waals surface area contributed by atoms with E-state index in [1.807, 2.05) is 0 Å². The molecule has 0 radical (unpaired) electrons. The number of carboxylic acid groups (broad SMARTS) is 1. The minimum atomic E-state index is -1.93. The minimum absolute atomic E-state index is 0.00741. The molecule has 0 saturated heterocycles. The van der Waals surface area contributed by atoms with Crippen molar-refractivity contribution in [3.8, 4) is 0 Å². The maximum Gasteiger partial charge on any atom is 0.337 e. The number of ketones is 1. The Morgan fingerprint density at radius 1 is 1.41 bits per heavy atom. The summed E-state index contributed by atoms with van der Waals surface area (Å²) in [5.74, 6) is -2.63. The summed E-state index contributed by atoms with van der Waals surface area (Å²) >= 11 is 5.40. The maximum absolute atomic E-state index is 13.0. The highest BCUT2D eigenvalue weighted by atomic mass is 35.5. The fourth-order valence-electron chi connectivity index (χ4n) is 1.37. The van der Waals surface area contributed by atoms with E-state index in [1.165, 1.54) is 0 Å². The summed E-state index contributed by atoms with van der Waals surface area (Å²) in [6, 6.07) is 3.01. The van der Waals surface area contributed by atoms with Gasteiger partial charge in [0.05, 0.1) is 0 Å². The number of carbonyl (C=O) groups is 2. The van der Waals surface area contributed by atoms with Crippen LogP contribution >= 0.6 is 11.6 Å². The van der Waals surface area contributed by atoms with Crippen LogP contribution in [-0.4, -0.2) is 27.8 Å². The summed E-state index contributed by atoms with van der Waals surface area (Å²) < 4.78 is 13.0. The molecule has 1 unspecified atom stereocenters. The Bertz CT molecular complexity index is 447. The van der Waals surface area contributed by atoms with Crippen molar-refractivity contribution in [2.45, 2.75) is 12.5 Å². The van der Waals surface area contributed by atoms with Crippen LogP contribution in [0.25, 0.3) is 0 Å². The van der Waals surface area contributed by atoms with Crippen LogP contribution in [0.1, 0.15) is 28.4 Å². The summed E-state index contributed by atoms with van der Waals surface area (Å²) in [4.78, 5) is 22.2. The van der Waals surface area contributed by atoms with E-state index >= 15 is 0 Å². The summed E-state index contributed by atoms with van der Waals surface area (Å²) in [7, 11) is 0. The number of rotatable bonds is 5. The number of halogens is 2. The van der Waals surface area contributed by atoms with E-state index in [2.05, 4.69) is 0 Å². The third-order valence-electron chi connectivity index (χ3n) is 2.16. The smallest absolute Gasteiger partial charge is 0.337 e. The van der Waals surface area contributed by atoms with Crippen molar-refractivity contribution in [3.63, 3.8) is 0 Å². The minimum Gasteiger partial charge on any atom is -0.479 e. The predicted octanol–water partition coefficient (Wildman–Crippen LogP) is 1.76. The van der Waals surface area contributed by atoms with Gasteiger partial charge < -0.3 is 10.2 Å². The molecule has 0 aliphatic rings. The fraction of sp³-hybridized carbons (Fsp3) is 0.273. The molecular formula is C11H10ClFO4. The lowest BCUT2D eigenvalue weighted by molar-refractivity contribution is -0.146. The van der Waals surface area contributed by atoms with Gasteiger partial charge >= 0.3 is 5.97 Å². The van der Waals surface area contributed by atoms with Gasteiger partial charge in [0, 0.05) is 23.4 Å². The van der Waals surface area contributed by atoms with Crippen LogP contribution in [-0.2, 0) is 4.79 Å². The first-order chi connectivity index (χ1) is 7.97. The van der Waals surface area contributed by atoms with E-state index in [0.717, 1.165) is 18.2 Å². The van der Waals surface area contributed by atoms with Crippen molar-refractivity contribution < 1.29 is 24.2 Å². The lowest BCUT2D eigenvalue weighted by Crippen LogP contribution is -2.15. The summed E-state index contributed by atoms with van der Waals surface area (Å²) in [5, 5.41) is 18.0. The third kappa shape index (κ3) is 3.25. The van der Waals surface area contributed by atoms with Crippen molar-refractivity contribution in [2.75, 3.05) is 5.88 Å². The Kier molecular flexibility index (Phi) is 4.60. The van der Waals surface area contributed by atoms with Gasteiger partial charge in [0.1, 0.15) is 5.82 Å². The Morgan fingerprint density at radius 3 is 2.59 bits per heavy atom. The van der Waals surface area contributed by atoms with E-state index in [1.54, 1.807) is 0 Å². The largest absolute Gasteiger partial charge is 0.479 e. The van der Waals surface area contributed by atoms with Crippen LogP contribution in [0, 0.1) is 5.82 Å². The van der Waals surface area contributed by atoms with Crippen LogP contribution < -0.4 is 0 Å². The highest BCUT2D eigenvalue weighted by Gasteiger charge is 2.23. The molecular weight excluding hydrogens is 251 g/mol. The molecule has 1 aromatic carbocycles. The van der Waals surface area contributed by atoms with E-state index in [4.69, 9.17) is 16.7 Å². The van der Waals surface area contributed by atoms with Gasteiger partial charge in [-0.1, -0.05) is 0 Å². The molecule has 0 amide bonds. The molecule has 0 bridgehead atoms. The molecule has 17 heavy (non-hydrogen) atoms. The van der Waals surface area contributed by atoms with E-state index in [9.17, 15) is 19.1 Å². The van der Waals surface area contributed by atoms with E-state index in [-0.39, 0.29) is 23.4 Å². The fourth-order valence-corrected chi connectivity index (χ4v) is 1.54. The molecule has 1 rings (SSSR count). The van der Waals surface area contributed by atoms with Gasteiger partial charge in [-0.05, 0) is 18.2 Å². The van der Waals surface area contributed by atoms with Gasteiger partial charge in [0.25, 0.3) is 0 Å². The lowest BCUT2D eigenvalue weighted by Gasteiger charge is -2.11. The molecule has 0 fully saturated rings. The lowest BCUT2D eigenvalue weighted by atomic mass is 9.98. The normalized spacial score (nSPS) is 12.2.